The highest BCUT2D eigenvalue weighted by atomic mass is 32.1. The van der Waals surface area contributed by atoms with E-state index < -0.39 is 11.4 Å². The Kier molecular flexibility index (Phi) is 3.70. The molecule has 0 bridgehead atoms. The molecule has 1 aromatic heterocycles. The molecule has 2 aromatic rings. The molecule has 1 aliphatic heterocycles. The van der Waals surface area contributed by atoms with Gasteiger partial charge in [0.05, 0.1) is 5.41 Å². The van der Waals surface area contributed by atoms with E-state index in [0.717, 1.165) is 10.6 Å². The average molecular weight is 316 g/mol. The standard InChI is InChI=1S/C16H16N2O3S/c1-16(15(20)21)7-8-18(10-16)14(19)12-9-22-13(17-12)11-5-3-2-4-6-11/h2-6,9H,7-8,10H2,1H3,(H,20,21). The van der Waals surface area contributed by atoms with Gasteiger partial charge in [-0.05, 0) is 13.3 Å². The molecule has 1 unspecified atom stereocenters. The topological polar surface area (TPSA) is 70.5 Å². The molecule has 2 heterocycles. The van der Waals surface area contributed by atoms with Crippen LogP contribution in [0, 0.1) is 5.41 Å². The average Bonchev–Trinajstić information content (AvgIpc) is 3.15. The Bertz CT molecular complexity index is 713. The first-order valence-corrected chi connectivity index (χ1v) is 7.91. The van der Waals surface area contributed by atoms with Crippen molar-refractivity contribution in [1.29, 1.82) is 0 Å². The molecule has 0 saturated carbocycles. The van der Waals surface area contributed by atoms with E-state index in [1.165, 1.54) is 11.3 Å². The lowest BCUT2D eigenvalue weighted by Crippen LogP contribution is -2.35. The van der Waals surface area contributed by atoms with Gasteiger partial charge in [0.1, 0.15) is 10.7 Å². The molecule has 6 heteroatoms. The second-order valence-electron chi connectivity index (χ2n) is 5.75. The number of hydrogen-bond acceptors (Lipinski definition) is 4. The van der Waals surface area contributed by atoms with Crippen LogP contribution >= 0.6 is 11.3 Å². The molecule has 5 nitrogen and oxygen atoms in total. The second-order valence-corrected chi connectivity index (χ2v) is 6.60. The highest BCUT2D eigenvalue weighted by molar-refractivity contribution is 7.13. The van der Waals surface area contributed by atoms with Gasteiger partial charge in [-0.1, -0.05) is 30.3 Å². The molecule has 1 fully saturated rings. The Labute approximate surface area is 132 Å². The van der Waals surface area contributed by atoms with Crippen molar-refractivity contribution in [2.45, 2.75) is 13.3 Å². The lowest BCUT2D eigenvalue weighted by molar-refractivity contribution is -0.147. The summed E-state index contributed by atoms with van der Waals surface area (Å²) in [6.07, 6.45) is 0.476. The van der Waals surface area contributed by atoms with Crippen LogP contribution in [0.3, 0.4) is 0 Å². The summed E-state index contributed by atoms with van der Waals surface area (Å²) in [7, 11) is 0. The predicted molar refractivity (Wildman–Crippen MR) is 83.8 cm³/mol. The number of carboxylic acid groups (broad SMARTS) is 1. The van der Waals surface area contributed by atoms with E-state index >= 15 is 0 Å². The van der Waals surface area contributed by atoms with Crippen LogP contribution in [0.4, 0.5) is 0 Å². The fourth-order valence-electron chi connectivity index (χ4n) is 2.56. The minimum absolute atomic E-state index is 0.191. The van der Waals surface area contributed by atoms with E-state index in [2.05, 4.69) is 4.98 Å². The third-order valence-electron chi connectivity index (χ3n) is 4.02. The Morgan fingerprint density at radius 1 is 1.32 bits per heavy atom. The van der Waals surface area contributed by atoms with E-state index in [9.17, 15) is 14.7 Å². The first-order chi connectivity index (χ1) is 10.5. The molecule has 0 aliphatic carbocycles. The third-order valence-corrected chi connectivity index (χ3v) is 4.91. The fraction of sp³-hybridized carbons (Fsp3) is 0.312. The SMILES string of the molecule is CC1(C(=O)O)CCN(C(=O)c2csc(-c3ccccc3)n2)C1. The number of carbonyl (C=O) groups is 2. The number of likely N-dealkylation sites (tertiary alicyclic amines) is 1. The summed E-state index contributed by atoms with van der Waals surface area (Å²) in [5.74, 6) is -1.05. The van der Waals surface area contributed by atoms with Crippen molar-refractivity contribution in [2.75, 3.05) is 13.1 Å². The number of benzene rings is 1. The summed E-state index contributed by atoms with van der Waals surface area (Å²) >= 11 is 1.42. The molecule has 1 aliphatic rings. The van der Waals surface area contributed by atoms with E-state index in [1.54, 1.807) is 17.2 Å². The number of carbonyl (C=O) groups excluding carboxylic acids is 1. The van der Waals surface area contributed by atoms with E-state index in [1.807, 2.05) is 30.3 Å². The number of nitrogens with zero attached hydrogens (tertiary/aromatic N) is 2. The number of aliphatic carboxylic acids is 1. The minimum Gasteiger partial charge on any atom is -0.481 e. The Morgan fingerprint density at radius 2 is 2.05 bits per heavy atom. The van der Waals surface area contributed by atoms with Gasteiger partial charge in [0.2, 0.25) is 0 Å². The van der Waals surface area contributed by atoms with Gasteiger partial charge in [-0.2, -0.15) is 0 Å². The summed E-state index contributed by atoms with van der Waals surface area (Å²) in [6.45, 7) is 2.37. The van der Waals surface area contributed by atoms with Gasteiger partial charge in [0.25, 0.3) is 5.91 Å². The van der Waals surface area contributed by atoms with Crippen molar-refractivity contribution in [3.05, 3.63) is 41.4 Å². The molecule has 1 atom stereocenters. The van der Waals surface area contributed by atoms with Crippen LogP contribution in [0.1, 0.15) is 23.8 Å². The molecule has 3 rings (SSSR count). The summed E-state index contributed by atoms with van der Waals surface area (Å²) in [6, 6.07) is 9.68. The van der Waals surface area contributed by atoms with Crippen molar-refractivity contribution in [1.82, 2.24) is 9.88 Å². The normalized spacial score (nSPS) is 21.0. The molecule has 114 valence electrons. The lowest BCUT2D eigenvalue weighted by atomic mass is 9.90. The quantitative estimate of drug-likeness (QED) is 0.945. The Morgan fingerprint density at radius 3 is 2.68 bits per heavy atom. The largest absolute Gasteiger partial charge is 0.481 e. The van der Waals surface area contributed by atoms with Gasteiger partial charge in [-0.15, -0.1) is 11.3 Å². The van der Waals surface area contributed by atoms with Crippen molar-refractivity contribution in [3.63, 3.8) is 0 Å². The number of aromatic nitrogens is 1. The molecule has 1 N–H and O–H groups in total. The van der Waals surface area contributed by atoms with E-state index in [-0.39, 0.29) is 12.5 Å². The van der Waals surface area contributed by atoms with Crippen molar-refractivity contribution in [2.24, 2.45) is 5.41 Å². The molecular formula is C16H16N2O3S. The third kappa shape index (κ3) is 2.62. The fourth-order valence-corrected chi connectivity index (χ4v) is 3.36. The molecule has 0 radical (unpaired) electrons. The van der Waals surface area contributed by atoms with Crippen LogP contribution in [0.2, 0.25) is 0 Å². The first-order valence-electron chi connectivity index (χ1n) is 7.03. The van der Waals surface area contributed by atoms with Crippen LogP contribution in [0.25, 0.3) is 10.6 Å². The van der Waals surface area contributed by atoms with Gasteiger partial charge in [-0.3, -0.25) is 9.59 Å². The highest BCUT2D eigenvalue weighted by Crippen LogP contribution is 2.31. The molecular weight excluding hydrogens is 300 g/mol. The van der Waals surface area contributed by atoms with Gasteiger partial charge in [0, 0.05) is 24.0 Å². The zero-order valence-electron chi connectivity index (χ0n) is 12.2. The molecule has 1 aromatic carbocycles. The zero-order chi connectivity index (χ0) is 15.7. The maximum Gasteiger partial charge on any atom is 0.311 e. The smallest absolute Gasteiger partial charge is 0.311 e. The number of carboxylic acids is 1. The van der Waals surface area contributed by atoms with E-state index in [4.69, 9.17) is 0 Å². The Hall–Kier alpha value is -2.21. The van der Waals surface area contributed by atoms with Crippen molar-refractivity contribution >= 4 is 23.2 Å². The van der Waals surface area contributed by atoms with Crippen LogP contribution < -0.4 is 0 Å². The van der Waals surface area contributed by atoms with Crippen LogP contribution in [0.5, 0.6) is 0 Å². The lowest BCUT2D eigenvalue weighted by Gasteiger charge is -2.19. The first kappa shape index (κ1) is 14.7. The van der Waals surface area contributed by atoms with Crippen molar-refractivity contribution in [3.8, 4) is 10.6 Å². The maximum atomic E-state index is 12.5. The minimum atomic E-state index is -0.856. The number of thiazole rings is 1. The summed E-state index contributed by atoms with van der Waals surface area (Å²) in [5, 5.41) is 11.8. The van der Waals surface area contributed by atoms with Crippen LogP contribution in [-0.2, 0) is 4.79 Å². The molecule has 0 spiro atoms. The van der Waals surface area contributed by atoms with Gasteiger partial charge in [-0.25, -0.2) is 4.98 Å². The highest BCUT2D eigenvalue weighted by Gasteiger charge is 2.42. The molecule has 1 amide bonds. The summed E-state index contributed by atoms with van der Waals surface area (Å²) in [5.41, 5.74) is 0.510. The van der Waals surface area contributed by atoms with Gasteiger partial charge < -0.3 is 10.0 Å². The van der Waals surface area contributed by atoms with Crippen molar-refractivity contribution < 1.29 is 14.7 Å². The van der Waals surface area contributed by atoms with E-state index in [0.29, 0.717) is 18.7 Å². The molecule has 1 saturated heterocycles. The Balaban J connectivity index is 1.77. The maximum absolute atomic E-state index is 12.5. The summed E-state index contributed by atoms with van der Waals surface area (Å²) < 4.78 is 0. The molecule has 22 heavy (non-hydrogen) atoms. The zero-order valence-corrected chi connectivity index (χ0v) is 13.0. The van der Waals surface area contributed by atoms with Gasteiger partial charge in [0.15, 0.2) is 0 Å². The number of hydrogen-bond donors (Lipinski definition) is 1. The van der Waals surface area contributed by atoms with Gasteiger partial charge >= 0.3 is 5.97 Å². The monoisotopic (exact) mass is 316 g/mol. The van der Waals surface area contributed by atoms with Crippen LogP contribution in [-0.4, -0.2) is 40.0 Å². The number of rotatable bonds is 3. The number of amides is 1. The predicted octanol–water partition coefficient (Wildman–Crippen LogP) is 2.75. The summed E-state index contributed by atoms with van der Waals surface area (Å²) in [4.78, 5) is 29.7. The van der Waals surface area contributed by atoms with Crippen LogP contribution in [0.15, 0.2) is 35.7 Å². The second kappa shape index (κ2) is 5.53.